The van der Waals surface area contributed by atoms with Gasteiger partial charge in [0.05, 0.1) is 6.26 Å². The zero-order valence-corrected chi connectivity index (χ0v) is 19.6. The highest BCUT2D eigenvalue weighted by Gasteiger charge is 2.36. The van der Waals surface area contributed by atoms with Gasteiger partial charge in [-0.25, -0.2) is 0 Å². The number of halogens is 1. The number of hydrogen-bond donors (Lipinski definition) is 3. The molecular formula is C20H35IN4O3. The molecule has 0 atom stereocenters. The largest absolute Gasteiger partial charge is 0.459 e. The minimum Gasteiger partial charge on any atom is -0.459 e. The number of rotatable bonds is 11. The van der Waals surface area contributed by atoms with Gasteiger partial charge < -0.3 is 25.1 Å². The summed E-state index contributed by atoms with van der Waals surface area (Å²) < 4.78 is 10.4. The quantitative estimate of drug-likeness (QED) is 0.186. The van der Waals surface area contributed by atoms with E-state index in [1.165, 1.54) is 25.5 Å². The van der Waals surface area contributed by atoms with Crippen molar-refractivity contribution < 1.29 is 13.9 Å². The Morgan fingerprint density at radius 2 is 2.04 bits per heavy atom. The number of carbonyl (C=O) groups is 1. The van der Waals surface area contributed by atoms with Crippen molar-refractivity contribution in [1.29, 1.82) is 0 Å². The van der Waals surface area contributed by atoms with Gasteiger partial charge in [-0.3, -0.25) is 9.79 Å². The Labute approximate surface area is 185 Å². The number of nitrogens with one attached hydrogen (secondary N) is 3. The molecule has 0 spiro atoms. The van der Waals surface area contributed by atoms with Gasteiger partial charge in [0, 0.05) is 45.5 Å². The Morgan fingerprint density at radius 1 is 1.29 bits per heavy atom. The number of aliphatic imine (C=N–C) groups is 1. The van der Waals surface area contributed by atoms with Crippen LogP contribution in [0.4, 0.5) is 0 Å². The van der Waals surface area contributed by atoms with E-state index in [0.717, 1.165) is 50.6 Å². The smallest absolute Gasteiger partial charge is 0.287 e. The van der Waals surface area contributed by atoms with Crippen LogP contribution in [0.5, 0.6) is 0 Å². The van der Waals surface area contributed by atoms with Crippen molar-refractivity contribution in [2.75, 3.05) is 39.9 Å². The van der Waals surface area contributed by atoms with Crippen LogP contribution >= 0.6 is 24.0 Å². The van der Waals surface area contributed by atoms with Gasteiger partial charge in [-0.2, -0.15) is 0 Å². The Bertz CT molecular complexity index is 614. The summed E-state index contributed by atoms with van der Waals surface area (Å²) in [6.07, 6.45) is 7.18. The summed E-state index contributed by atoms with van der Waals surface area (Å²) in [4.78, 5) is 16.8. The predicted molar refractivity (Wildman–Crippen MR) is 123 cm³/mol. The number of furan rings is 1. The second-order valence-electron chi connectivity index (χ2n) is 7.26. The maximum absolute atomic E-state index is 12.0. The van der Waals surface area contributed by atoms with Crippen LogP contribution in [0.25, 0.3) is 0 Å². The zero-order chi connectivity index (χ0) is 19.5. The number of aryl methyl sites for hydroxylation is 1. The zero-order valence-electron chi connectivity index (χ0n) is 17.3. The van der Waals surface area contributed by atoms with E-state index in [1.807, 2.05) is 6.92 Å². The van der Waals surface area contributed by atoms with Gasteiger partial charge >= 0.3 is 0 Å². The summed E-state index contributed by atoms with van der Waals surface area (Å²) in [5.41, 5.74) is 1.17. The monoisotopic (exact) mass is 506 g/mol. The van der Waals surface area contributed by atoms with Crippen molar-refractivity contribution in [1.82, 2.24) is 16.0 Å². The van der Waals surface area contributed by atoms with E-state index >= 15 is 0 Å². The predicted octanol–water partition coefficient (Wildman–Crippen LogP) is 3.09. The molecule has 3 N–H and O–H groups in total. The fourth-order valence-electron chi connectivity index (χ4n) is 3.25. The van der Waals surface area contributed by atoms with Gasteiger partial charge in [0.2, 0.25) is 0 Å². The van der Waals surface area contributed by atoms with Gasteiger partial charge in [-0.05, 0) is 51.0 Å². The number of nitrogens with zero attached hydrogens (tertiary/aromatic N) is 1. The van der Waals surface area contributed by atoms with Gasteiger partial charge in [0.25, 0.3) is 5.91 Å². The van der Waals surface area contributed by atoms with E-state index in [-0.39, 0.29) is 29.9 Å². The molecule has 8 heteroatoms. The van der Waals surface area contributed by atoms with Crippen LogP contribution in [0, 0.1) is 12.3 Å². The Kier molecular flexibility index (Phi) is 11.5. The normalized spacial score (nSPS) is 15.3. The molecule has 160 valence electrons. The molecule has 1 aliphatic carbocycles. The first-order chi connectivity index (χ1) is 13.1. The molecule has 0 saturated heterocycles. The second kappa shape index (κ2) is 13.0. The molecule has 1 aromatic rings. The molecule has 28 heavy (non-hydrogen) atoms. The van der Waals surface area contributed by atoms with Crippen LogP contribution in [0.15, 0.2) is 21.7 Å². The molecule has 1 aliphatic rings. The Balaban J connectivity index is 0.00000392. The van der Waals surface area contributed by atoms with Gasteiger partial charge in [-0.1, -0.05) is 6.42 Å². The molecule has 1 amide bonds. The van der Waals surface area contributed by atoms with Gasteiger partial charge in [-0.15, -0.1) is 24.0 Å². The van der Waals surface area contributed by atoms with Gasteiger partial charge in [0.1, 0.15) is 0 Å². The molecule has 0 radical (unpaired) electrons. The van der Waals surface area contributed by atoms with E-state index in [2.05, 4.69) is 22.9 Å². The van der Waals surface area contributed by atoms with Crippen LogP contribution in [0.2, 0.25) is 0 Å². The van der Waals surface area contributed by atoms with Crippen LogP contribution in [-0.4, -0.2) is 51.8 Å². The minimum absolute atomic E-state index is 0. The fourth-order valence-corrected chi connectivity index (χ4v) is 3.25. The Hall–Kier alpha value is -1.29. The number of guanidine groups is 1. The van der Waals surface area contributed by atoms with E-state index in [4.69, 9.17) is 14.1 Å². The van der Waals surface area contributed by atoms with E-state index < -0.39 is 0 Å². The minimum atomic E-state index is -0.164. The fraction of sp³-hybridized carbons (Fsp3) is 0.700. The van der Waals surface area contributed by atoms with Crippen LogP contribution < -0.4 is 16.0 Å². The first-order valence-corrected chi connectivity index (χ1v) is 9.93. The van der Waals surface area contributed by atoms with Crippen molar-refractivity contribution in [3.05, 3.63) is 23.7 Å². The Morgan fingerprint density at radius 3 is 2.61 bits per heavy atom. The van der Waals surface area contributed by atoms with Crippen LogP contribution in [-0.2, 0) is 4.74 Å². The third-order valence-electron chi connectivity index (χ3n) is 5.17. The van der Waals surface area contributed by atoms with Crippen molar-refractivity contribution >= 4 is 35.8 Å². The van der Waals surface area contributed by atoms with Crippen LogP contribution in [0.3, 0.4) is 0 Å². The summed E-state index contributed by atoms with van der Waals surface area (Å²) in [6, 6.07) is 1.79. The number of carbonyl (C=O) groups excluding carboxylic acids is 1. The summed E-state index contributed by atoms with van der Waals surface area (Å²) in [5, 5.41) is 9.53. The van der Waals surface area contributed by atoms with E-state index in [1.54, 1.807) is 13.2 Å². The lowest BCUT2D eigenvalue weighted by atomic mass is 9.67. The number of amides is 1. The van der Waals surface area contributed by atoms with Crippen LogP contribution in [0.1, 0.15) is 55.1 Å². The first-order valence-electron chi connectivity index (χ1n) is 9.93. The highest BCUT2D eigenvalue weighted by Crippen LogP contribution is 2.44. The second-order valence-corrected chi connectivity index (χ2v) is 7.26. The molecule has 7 nitrogen and oxygen atoms in total. The molecule has 1 aromatic heterocycles. The van der Waals surface area contributed by atoms with E-state index in [0.29, 0.717) is 17.7 Å². The van der Waals surface area contributed by atoms with Crippen molar-refractivity contribution in [2.45, 2.75) is 46.0 Å². The lowest BCUT2D eigenvalue weighted by Crippen LogP contribution is -2.41. The summed E-state index contributed by atoms with van der Waals surface area (Å²) in [6.45, 7) is 7.71. The molecule has 0 aromatic carbocycles. The molecule has 0 aliphatic heterocycles. The molecular weight excluding hydrogens is 471 g/mol. The third kappa shape index (κ3) is 7.62. The SMILES string of the molecule is CCNC(=NCC1(CCOC)CCC1)NCCCNC(=O)c1occc1C.I. The van der Waals surface area contributed by atoms with Crippen molar-refractivity contribution in [3.63, 3.8) is 0 Å². The van der Waals surface area contributed by atoms with Crippen molar-refractivity contribution in [3.8, 4) is 0 Å². The summed E-state index contributed by atoms with van der Waals surface area (Å²) in [5.74, 6) is 1.07. The maximum atomic E-state index is 12.0. The molecule has 0 unspecified atom stereocenters. The number of methoxy groups -OCH3 is 1. The lowest BCUT2D eigenvalue weighted by molar-refractivity contribution is 0.0778. The summed E-state index contributed by atoms with van der Waals surface area (Å²) >= 11 is 0. The lowest BCUT2D eigenvalue weighted by Gasteiger charge is -2.40. The topological polar surface area (TPSA) is 87.9 Å². The molecule has 1 heterocycles. The average molecular weight is 506 g/mol. The van der Waals surface area contributed by atoms with Crippen molar-refractivity contribution in [2.24, 2.45) is 10.4 Å². The number of hydrogen-bond acceptors (Lipinski definition) is 4. The summed E-state index contributed by atoms with van der Waals surface area (Å²) in [7, 11) is 1.76. The third-order valence-corrected chi connectivity index (χ3v) is 5.17. The highest BCUT2D eigenvalue weighted by atomic mass is 127. The number of ether oxygens (including phenoxy) is 1. The first kappa shape index (κ1) is 24.7. The molecule has 1 saturated carbocycles. The van der Waals surface area contributed by atoms with Gasteiger partial charge in [0.15, 0.2) is 11.7 Å². The maximum Gasteiger partial charge on any atom is 0.287 e. The highest BCUT2D eigenvalue weighted by molar-refractivity contribution is 14.0. The molecule has 0 bridgehead atoms. The standard InChI is InChI=1S/C20H34N4O3.HI/c1-4-21-19(24-15-20(8-5-9-20)10-14-26-3)23-12-6-11-22-18(25)17-16(2)7-13-27-17;/h7,13H,4-6,8-12,14-15H2,1-3H3,(H,22,25)(H2,21,23,24);1H. The molecule has 1 fully saturated rings. The average Bonchev–Trinajstić information content (AvgIpc) is 3.06. The van der Waals surface area contributed by atoms with E-state index in [9.17, 15) is 4.79 Å². The molecule has 2 rings (SSSR count).